The van der Waals surface area contributed by atoms with Crippen molar-refractivity contribution >= 4 is 5.97 Å². The van der Waals surface area contributed by atoms with Gasteiger partial charge in [0.2, 0.25) is 0 Å². The largest absolute Gasteiger partial charge is 0.486 e. The van der Waals surface area contributed by atoms with Crippen molar-refractivity contribution in [2.75, 3.05) is 6.61 Å². The molecule has 0 fully saturated rings. The first-order valence-electron chi connectivity index (χ1n) is 4.50. The summed E-state index contributed by atoms with van der Waals surface area (Å²) in [6, 6.07) is 0. The van der Waals surface area contributed by atoms with Crippen LogP contribution in [-0.4, -0.2) is 27.5 Å². The summed E-state index contributed by atoms with van der Waals surface area (Å²) < 4.78 is 6.57. The van der Waals surface area contributed by atoms with E-state index in [1.165, 1.54) is 10.9 Å². The van der Waals surface area contributed by atoms with Crippen LogP contribution in [0.3, 0.4) is 0 Å². The number of carboxylic acids is 1. The Kier molecular flexibility index (Phi) is 3.14. The van der Waals surface area contributed by atoms with Crippen LogP contribution in [0.1, 0.15) is 13.8 Å². The Labute approximate surface area is 88.0 Å². The highest BCUT2D eigenvalue weighted by Gasteiger charge is 2.30. The van der Waals surface area contributed by atoms with Gasteiger partial charge in [0.05, 0.1) is 12.4 Å². The van der Waals surface area contributed by atoms with Gasteiger partial charge in [-0.25, -0.2) is 4.79 Å². The standard InChI is InChI=1S/C10H14N2O3/c1-4-5-15-8-6-11-12(7-8)10(2,3)9(13)14/h4,6-7H,1,5H2,2-3H3,(H,13,14). The maximum Gasteiger partial charge on any atom is 0.331 e. The molecule has 1 aromatic heterocycles. The second kappa shape index (κ2) is 4.16. The fraction of sp³-hybridized carbons (Fsp3) is 0.400. The summed E-state index contributed by atoms with van der Waals surface area (Å²) in [5, 5.41) is 12.9. The molecular formula is C10H14N2O3. The third-order valence-electron chi connectivity index (χ3n) is 2.02. The molecule has 1 rings (SSSR count). The smallest absolute Gasteiger partial charge is 0.331 e. The molecule has 1 N–H and O–H groups in total. The average Bonchev–Trinajstić information content (AvgIpc) is 2.63. The van der Waals surface area contributed by atoms with Crippen molar-refractivity contribution in [3.05, 3.63) is 25.0 Å². The van der Waals surface area contributed by atoms with Gasteiger partial charge in [0.25, 0.3) is 0 Å². The van der Waals surface area contributed by atoms with Crippen LogP contribution in [0.5, 0.6) is 5.75 Å². The van der Waals surface area contributed by atoms with Gasteiger partial charge in [0.1, 0.15) is 6.61 Å². The summed E-state index contributed by atoms with van der Waals surface area (Å²) in [6.45, 7) is 7.03. The van der Waals surface area contributed by atoms with E-state index in [9.17, 15) is 4.79 Å². The Morgan fingerprint density at radius 3 is 3.00 bits per heavy atom. The number of rotatable bonds is 5. The zero-order chi connectivity index (χ0) is 11.5. The van der Waals surface area contributed by atoms with E-state index in [0.29, 0.717) is 12.4 Å². The maximum atomic E-state index is 10.9. The van der Waals surface area contributed by atoms with Crippen molar-refractivity contribution in [2.24, 2.45) is 0 Å². The first kappa shape index (κ1) is 11.3. The van der Waals surface area contributed by atoms with E-state index in [0.717, 1.165) is 0 Å². The fourth-order valence-corrected chi connectivity index (χ4v) is 0.940. The summed E-state index contributed by atoms with van der Waals surface area (Å²) >= 11 is 0. The van der Waals surface area contributed by atoms with Crippen LogP contribution in [0.15, 0.2) is 25.0 Å². The van der Waals surface area contributed by atoms with Crippen LogP contribution in [-0.2, 0) is 10.3 Å². The third-order valence-corrected chi connectivity index (χ3v) is 2.02. The van der Waals surface area contributed by atoms with Crippen molar-refractivity contribution in [2.45, 2.75) is 19.4 Å². The summed E-state index contributed by atoms with van der Waals surface area (Å²) in [4.78, 5) is 10.9. The number of aromatic nitrogens is 2. The van der Waals surface area contributed by atoms with E-state index in [1.807, 2.05) is 0 Å². The van der Waals surface area contributed by atoms with Crippen molar-refractivity contribution in [1.82, 2.24) is 9.78 Å². The van der Waals surface area contributed by atoms with Gasteiger partial charge in [-0.15, -0.1) is 0 Å². The lowest BCUT2D eigenvalue weighted by Gasteiger charge is -2.19. The number of ether oxygens (including phenoxy) is 1. The van der Waals surface area contributed by atoms with E-state index in [1.54, 1.807) is 26.1 Å². The Hall–Kier alpha value is -1.78. The van der Waals surface area contributed by atoms with Crippen molar-refractivity contribution in [1.29, 1.82) is 0 Å². The number of carbonyl (C=O) groups is 1. The summed E-state index contributed by atoms with van der Waals surface area (Å²) in [7, 11) is 0. The van der Waals surface area contributed by atoms with E-state index in [4.69, 9.17) is 9.84 Å². The lowest BCUT2D eigenvalue weighted by atomic mass is 10.1. The van der Waals surface area contributed by atoms with E-state index in [2.05, 4.69) is 11.7 Å². The molecule has 15 heavy (non-hydrogen) atoms. The molecule has 0 spiro atoms. The molecule has 0 aliphatic carbocycles. The summed E-state index contributed by atoms with van der Waals surface area (Å²) in [5.41, 5.74) is -1.07. The molecule has 0 aliphatic heterocycles. The first-order chi connectivity index (χ1) is 6.98. The molecule has 0 radical (unpaired) electrons. The van der Waals surface area contributed by atoms with Crippen LogP contribution in [0.2, 0.25) is 0 Å². The highest BCUT2D eigenvalue weighted by Crippen LogP contribution is 2.18. The number of hydrogen-bond donors (Lipinski definition) is 1. The third kappa shape index (κ3) is 2.37. The number of hydrogen-bond acceptors (Lipinski definition) is 3. The summed E-state index contributed by atoms with van der Waals surface area (Å²) in [6.07, 6.45) is 4.64. The Morgan fingerprint density at radius 2 is 2.47 bits per heavy atom. The number of aliphatic carboxylic acids is 1. The molecule has 0 aromatic carbocycles. The molecule has 82 valence electrons. The molecule has 0 saturated carbocycles. The van der Waals surface area contributed by atoms with Gasteiger partial charge >= 0.3 is 5.97 Å². The zero-order valence-electron chi connectivity index (χ0n) is 8.80. The number of nitrogens with zero attached hydrogens (tertiary/aromatic N) is 2. The second-order valence-electron chi connectivity index (χ2n) is 3.58. The lowest BCUT2D eigenvalue weighted by molar-refractivity contribution is -0.146. The fourth-order valence-electron chi connectivity index (χ4n) is 0.940. The van der Waals surface area contributed by atoms with Gasteiger partial charge < -0.3 is 9.84 Å². The second-order valence-corrected chi connectivity index (χ2v) is 3.58. The molecule has 5 heteroatoms. The van der Waals surface area contributed by atoms with E-state index < -0.39 is 11.5 Å². The van der Waals surface area contributed by atoms with Crippen LogP contribution < -0.4 is 4.74 Å². The SMILES string of the molecule is C=CCOc1cnn(C(C)(C)C(=O)O)c1. The minimum absolute atomic E-state index is 0.374. The quantitative estimate of drug-likeness (QED) is 0.743. The highest BCUT2D eigenvalue weighted by atomic mass is 16.5. The van der Waals surface area contributed by atoms with Gasteiger partial charge in [-0.05, 0) is 13.8 Å². The lowest BCUT2D eigenvalue weighted by Crippen LogP contribution is -2.35. The minimum atomic E-state index is -1.07. The molecule has 0 atom stereocenters. The van der Waals surface area contributed by atoms with Crippen LogP contribution in [0.25, 0.3) is 0 Å². The molecule has 0 saturated heterocycles. The normalized spacial score (nSPS) is 11.1. The van der Waals surface area contributed by atoms with Gasteiger partial charge in [-0.2, -0.15) is 5.10 Å². The van der Waals surface area contributed by atoms with Crippen molar-refractivity contribution in [3.63, 3.8) is 0 Å². The first-order valence-corrected chi connectivity index (χ1v) is 4.50. The van der Waals surface area contributed by atoms with Crippen LogP contribution in [0, 0.1) is 0 Å². The minimum Gasteiger partial charge on any atom is -0.486 e. The van der Waals surface area contributed by atoms with Crippen LogP contribution in [0.4, 0.5) is 0 Å². The maximum absolute atomic E-state index is 10.9. The highest BCUT2D eigenvalue weighted by molar-refractivity contribution is 5.75. The van der Waals surface area contributed by atoms with E-state index >= 15 is 0 Å². The molecule has 0 unspecified atom stereocenters. The topological polar surface area (TPSA) is 64.4 Å². The Bertz CT molecular complexity index is 368. The van der Waals surface area contributed by atoms with Crippen molar-refractivity contribution in [3.8, 4) is 5.75 Å². The molecule has 0 amide bonds. The predicted molar refractivity (Wildman–Crippen MR) is 54.9 cm³/mol. The van der Waals surface area contributed by atoms with Crippen molar-refractivity contribution < 1.29 is 14.6 Å². The Balaban J connectivity index is 2.83. The molecular weight excluding hydrogens is 196 g/mol. The predicted octanol–water partition coefficient (Wildman–Crippen LogP) is 1.27. The van der Waals surface area contributed by atoms with Crippen LogP contribution >= 0.6 is 0 Å². The number of carboxylic acid groups (broad SMARTS) is 1. The average molecular weight is 210 g/mol. The van der Waals surface area contributed by atoms with E-state index in [-0.39, 0.29) is 0 Å². The van der Waals surface area contributed by atoms with Gasteiger partial charge in [-0.3, -0.25) is 4.68 Å². The summed E-state index contributed by atoms with van der Waals surface area (Å²) in [5.74, 6) is -0.412. The molecule has 5 nitrogen and oxygen atoms in total. The van der Waals surface area contributed by atoms with Gasteiger partial charge in [0, 0.05) is 0 Å². The van der Waals surface area contributed by atoms with Gasteiger partial charge in [0.15, 0.2) is 11.3 Å². The Morgan fingerprint density at radius 1 is 1.80 bits per heavy atom. The molecule has 0 aliphatic rings. The zero-order valence-corrected chi connectivity index (χ0v) is 8.80. The molecule has 0 bridgehead atoms. The monoisotopic (exact) mass is 210 g/mol. The van der Waals surface area contributed by atoms with Gasteiger partial charge in [-0.1, -0.05) is 12.7 Å². The molecule has 1 aromatic rings. The molecule has 1 heterocycles.